The van der Waals surface area contributed by atoms with Gasteiger partial charge >= 0.3 is 0 Å². The molecule has 1 aromatic heterocycles. The standard InChI is InChI=1S/C25H19Cl2N3O/c1-15-7-9-17(10-8-15)24-14-21(20-5-3-4-6-23(20)28-24)25(31)30-29-16(2)19-12-11-18(26)13-22(19)27/h3-14H,1-2H3,(H,30,31)/b29-16+. The van der Waals surface area contributed by atoms with Gasteiger partial charge in [-0.1, -0.05) is 77.3 Å². The number of carbonyl (C=O) groups excluding carboxylic acids is 1. The van der Waals surface area contributed by atoms with Gasteiger partial charge in [-0.15, -0.1) is 0 Å². The molecule has 1 N–H and O–H groups in total. The fourth-order valence-corrected chi connectivity index (χ4v) is 3.82. The molecule has 0 saturated carbocycles. The Balaban J connectivity index is 1.70. The van der Waals surface area contributed by atoms with Crippen LogP contribution in [0.5, 0.6) is 0 Å². The first-order valence-corrected chi connectivity index (χ1v) is 10.4. The number of hydrazone groups is 1. The molecule has 0 saturated heterocycles. The molecule has 0 radical (unpaired) electrons. The van der Waals surface area contributed by atoms with Crippen LogP contribution in [0.4, 0.5) is 0 Å². The number of aryl methyl sites for hydroxylation is 1. The highest BCUT2D eigenvalue weighted by atomic mass is 35.5. The average molecular weight is 448 g/mol. The summed E-state index contributed by atoms with van der Waals surface area (Å²) in [5.41, 5.74) is 8.00. The lowest BCUT2D eigenvalue weighted by molar-refractivity contribution is 0.0956. The second-order valence-corrected chi connectivity index (χ2v) is 8.04. The third kappa shape index (κ3) is 4.61. The predicted octanol–water partition coefficient (Wildman–Crippen LogP) is 6.67. The largest absolute Gasteiger partial charge is 0.272 e. The Labute approximate surface area is 190 Å². The van der Waals surface area contributed by atoms with E-state index < -0.39 is 0 Å². The number of benzene rings is 3. The van der Waals surface area contributed by atoms with Gasteiger partial charge in [0, 0.05) is 21.5 Å². The number of hydrogen-bond donors (Lipinski definition) is 1. The summed E-state index contributed by atoms with van der Waals surface area (Å²) in [6.07, 6.45) is 0. The van der Waals surface area contributed by atoms with E-state index in [-0.39, 0.29) is 5.91 Å². The van der Waals surface area contributed by atoms with E-state index in [1.54, 1.807) is 31.2 Å². The van der Waals surface area contributed by atoms with Gasteiger partial charge in [0.2, 0.25) is 0 Å². The lowest BCUT2D eigenvalue weighted by Gasteiger charge is -2.10. The van der Waals surface area contributed by atoms with E-state index in [9.17, 15) is 4.79 Å². The van der Waals surface area contributed by atoms with Crippen LogP contribution < -0.4 is 5.43 Å². The first-order valence-electron chi connectivity index (χ1n) is 9.69. The number of nitrogens with zero attached hydrogens (tertiary/aromatic N) is 2. The summed E-state index contributed by atoms with van der Waals surface area (Å²) >= 11 is 12.2. The van der Waals surface area contributed by atoms with Gasteiger partial charge in [-0.05, 0) is 38.1 Å². The van der Waals surface area contributed by atoms with Gasteiger partial charge in [0.05, 0.1) is 27.5 Å². The maximum Gasteiger partial charge on any atom is 0.272 e. The zero-order valence-electron chi connectivity index (χ0n) is 17.0. The van der Waals surface area contributed by atoms with Gasteiger partial charge in [-0.2, -0.15) is 5.10 Å². The van der Waals surface area contributed by atoms with Crippen molar-refractivity contribution >= 4 is 45.7 Å². The van der Waals surface area contributed by atoms with Crippen molar-refractivity contribution in [3.63, 3.8) is 0 Å². The van der Waals surface area contributed by atoms with Crippen LogP contribution in [0.1, 0.15) is 28.4 Å². The number of nitrogens with one attached hydrogen (secondary N) is 1. The normalized spacial score (nSPS) is 11.5. The number of carbonyl (C=O) groups is 1. The van der Waals surface area contributed by atoms with E-state index in [1.165, 1.54) is 0 Å². The maximum atomic E-state index is 13.1. The molecule has 0 aliphatic heterocycles. The molecule has 1 heterocycles. The number of para-hydroxylation sites is 1. The third-order valence-electron chi connectivity index (χ3n) is 4.95. The Morgan fingerprint density at radius 1 is 0.935 bits per heavy atom. The Kier molecular flexibility index (Phi) is 6.03. The Bertz CT molecular complexity index is 1310. The fraction of sp³-hybridized carbons (Fsp3) is 0.0800. The van der Waals surface area contributed by atoms with Gasteiger partial charge in [0.1, 0.15) is 0 Å². The molecule has 0 fully saturated rings. The molecule has 31 heavy (non-hydrogen) atoms. The second-order valence-electron chi connectivity index (χ2n) is 7.20. The molecule has 4 aromatic rings. The summed E-state index contributed by atoms with van der Waals surface area (Å²) in [6.45, 7) is 3.81. The van der Waals surface area contributed by atoms with Gasteiger partial charge in [-0.3, -0.25) is 4.79 Å². The van der Waals surface area contributed by atoms with Crippen molar-refractivity contribution in [1.29, 1.82) is 0 Å². The van der Waals surface area contributed by atoms with Crippen LogP contribution in [0, 0.1) is 6.92 Å². The average Bonchev–Trinajstić information content (AvgIpc) is 2.77. The van der Waals surface area contributed by atoms with Crippen LogP contribution in [0.25, 0.3) is 22.2 Å². The zero-order valence-corrected chi connectivity index (χ0v) is 18.5. The van der Waals surface area contributed by atoms with Gasteiger partial charge < -0.3 is 0 Å². The van der Waals surface area contributed by atoms with E-state index in [0.29, 0.717) is 26.9 Å². The highest BCUT2D eigenvalue weighted by Crippen LogP contribution is 2.25. The smallest absolute Gasteiger partial charge is 0.267 e. The number of halogens is 2. The quantitative estimate of drug-likeness (QED) is 0.280. The predicted molar refractivity (Wildman–Crippen MR) is 128 cm³/mol. The summed E-state index contributed by atoms with van der Waals surface area (Å²) < 4.78 is 0. The molecule has 0 aliphatic carbocycles. The molecule has 4 rings (SSSR count). The molecular weight excluding hydrogens is 429 g/mol. The van der Waals surface area contributed by atoms with Crippen molar-refractivity contribution in [3.05, 3.63) is 99.5 Å². The minimum absolute atomic E-state index is 0.323. The summed E-state index contributed by atoms with van der Waals surface area (Å²) in [5.74, 6) is -0.323. The molecule has 0 bridgehead atoms. The molecule has 4 nitrogen and oxygen atoms in total. The van der Waals surface area contributed by atoms with Crippen LogP contribution in [0.15, 0.2) is 77.9 Å². The molecule has 0 aliphatic rings. The summed E-state index contributed by atoms with van der Waals surface area (Å²) in [4.78, 5) is 17.8. The van der Waals surface area contributed by atoms with E-state index in [0.717, 1.165) is 27.7 Å². The van der Waals surface area contributed by atoms with E-state index in [2.05, 4.69) is 10.5 Å². The first-order chi connectivity index (χ1) is 14.9. The number of amides is 1. The summed E-state index contributed by atoms with van der Waals surface area (Å²) in [5, 5.41) is 6.02. The number of fused-ring (bicyclic) bond motifs is 1. The molecule has 0 spiro atoms. The Hall–Kier alpha value is -3.21. The maximum absolute atomic E-state index is 13.1. The molecule has 1 amide bonds. The fourth-order valence-electron chi connectivity index (χ4n) is 3.27. The van der Waals surface area contributed by atoms with Crippen molar-refractivity contribution in [2.75, 3.05) is 0 Å². The second kappa shape index (κ2) is 8.88. The first kappa shape index (κ1) is 21.0. The molecule has 3 aromatic carbocycles. The van der Waals surface area contributed by atoms with Crippen LogP contribution in [0.2, 0.25) is 10.0 Å². The lowest BCUT2D eigenvalue weighted by atomic mass is 10.0. The molecular formula is C25H19Cl2N3O. The van der Waals surface area contributed by atoms with E-state index >= 15 is 0 Å². The van der Waals surface area contributed by atoms with Crippen LogP contribution in [0.3, 0.4) is 0 Å². The Morgan fingerprint density at radius 3 is 2.42 bits per heavy atom. The topological polar surface area (TPSA) is 54.4 Å². The number of hydrogen-bond acceptors (Lipinski definition) is 3. The third-order valence-corrected chi connectivity index (χ3v) is 5.50. The van der Waals surface area contributed by atoms with E-state index in [4.69, 9.17) is 28.2 Å². The molecule has 0 atom stereocenters. The minimum atomic E-state index is -0.323. The van der Waals surface area contributed by atoms with Crippen molar-refractivity contribution in [3.8, 4) is 11.3 Å². The number of pyridine rings is 1. The van der Waals surface area contributed by atoms with Crippen molar-refractivity contribution in [2.45, 2.75) is 13.8 Å². The van der Waals surface area contributed by atoms with Gasteiger partial charge in [0.25, 0.3) is 5.91 Å². The Morgan fingerprint density at radius 2 is 1.68 bits per heavy atom. The lowest BCUT2D eigenvalue weighted by Crippen LogP contribution is -2.20. The van der Waals surface area contributed by atoms with Gasteiger partial charge in [0.15, 0.2) is 0 Å². The van der Waals surface area contributed by atoms with Crippen molar-refractivity contribution in [2.24, 2.45) is 5.10 Å². The van der Waals surface area contributed by atoms with Crippen LogP contribution in [-0.2, 0) is 0 Å². The minimum Gasteiger partial charge on any atom is -0.267 e. The van der Waals surface area contributed by atoms with Crippen molar-refractivity contribution < 1.29 is 4.79 Å². The molecule has 0 unspecified atom stereocenters. The van der Waals surface area contributed by atoms with Crippen molar-refractivity contribution in [1.82, 2.24) is 10.4 Å². The SMILES string of the molecule is C/C(=N\NC(=O)c1cc(-c2ccc(C)cc2)nc2ccccc12)c1ccc(Cl)cc1Cl. The summed E-state index contributed by atoms with van der Waals surface area (Å²) in [7, 11) is 0. The highest BCUT2D eigenvalue weighted by Gasteiger charge is 2.14. The molecule has 6 heteroatoms. The number of aromatic nitrogens is 1. The van der Waals surface area contributed by atoms with Crippen LogP contribution >= 0.6 is 23.2 Å². The zero-order chi connectivity index (χ0) is 22.0. The number of rotatable bonds is 4. The summed E-state index contributed by atoms with van der Waals surface area (Å²) in [6, 6.07) is 22.5. The van der Waals surface area contributed by atoms with E-state index in [1.807, 2.05) is 55.5 Å². The highest BCUT2D eigenvalue weighted by molar-refractivity contribution is 6.37. The molecule has 154 valence electrons. The van der Waals surface area contributed by atoms with Gasteiger partial charge in [-0.25, -0.2) is 10.4 Å². The monoisotopic (exact) mass is 447 g/mol. The van der Waals surface area contributed by atoms with Crippen LogP contribution in [-0.4, -0.2) is 16.6 Å².